The van der Waals surface area contributed by atoms with Crippen LogP contribution in [0.3, 0.4) is 0 Å². The summed E-state index contributed by atoms with van der Waals surface area (Å²) in [6.07, 6.45) is 1.61. The van der Waals surface area contributed by atoms with Crippen molar-refractivity contribution in [3.63, 3.8) is 0 Å². The smallest absolute Gasteiger partial charge is 0.217 e. The molecule has 8 heteroatoms. The molecule has 3 aliphatic rings. The fourth-order valence-electron chi connectivity index (χ4n) is 5.28. The molecular weight excluding hydrogens is 384 g/mol. The molecular formula is C22H22N4O4. The first-order chi connectivity index (χ1) is 14.5. The summed E-state index contributed by atoms with van der Waals surface area (Å²) in [4.78, 5) is 0. The Hall–Kier alpha value is -3.28. The van der Waals surface area contributed by atoms with Crippen LogP contribution in [0.5, 0.6) is 11.5 Å². The predicted octanol–water partition coefficient (Wildman–Crippen LogP) is 3.60. The molecule has 4 atom stereocenters. The number of hydrogen-bond donors (Lipinski definition) is 1. The van der Waals surface area contributed by atoms with Crippen molar-refractivity contribution in [3.8, 4) is 29.7 Å². The van der Waals surface area contributed by atoms with Crippen LogP contribution in [0, 0.1) is 56.2 Å². The molecule has 2 aliphatic heterocycles. The van der Waals surface area contributed by atoms with Crippen molar-refractivity contribution in [2.75, 3.05) is 13.7 Å². The summed E-state index contributed by atoms with van der Waals surface area (Å²) in [5, 5.41) is 39.3. The van der Waals surface area contributed by atoms with Gasteiger partial charge >= 0.3 is 0 Å². The first-order valence-corrected chi connectivity index (χ1v) is 9.99. The molecule has 1 aromatic carbocycles. The lowest BCUT2D eigenvalue weighted by atomic mass is 9.51. The van der Waals surface area contributed by atoms with Crippen LogP contribution in [-0.4, -0.2) is 25.4 Å². The summed E-state index contributed by atoms with van der Waals surface area (Å²) in [7, 11) is 1.50. The third kappa shape index (κ3) is 2.24. The molecule has 1 saturated carbocycles. The number of ether oxygens (including phenoxy) is 4. The number of nitrogens with zero attached hydrogens (tertiary/aromatic N) is 3. The van der Waals surface area contributed by atoms with Gasteiger partial charge in [0.05, 0.1) is 37.8 Å². The minimum absolute atomic E-state index is 0.347. The zero-order chi connectivity index (χ0) is 21.6. The molecule has 0 spiro atoms. The highest BCUT2D eigenvalue weighted by Crippen LogP contribution is 2.69. The van der Waals surface area contributed by atoms with Crippen molar-refractivity contribution in [2.45, 2.75) is 44.5 Å². The molecule has 4 rings (SSSR count). The van der Waals surface area contributed by atoms with Crippen LogP contribution < -0.4 is 9.47 Å². The van der Waals surface area contributed by atoms with Crippen LogP contribution in [-0.2, 0) is 9.47 Å². The standard InChI is InChI=1S/C22H22N4O4/c1-3-28-15-8-7-14(10-16(15)27-2)18-20(11-23,12-24)21(13-25)17-6-4-5-9-22(17,29-18)30-19(21)26/h7-8,10,17-18,26H,3-6,9H2,1-2H3/t17-,18-,21+,22-/m1/s1. The third-order valence-corrected chi connectivity index (χ3v) is 6.61. The lowest BCUT2D eigenvalue weighted by Gasteiger charge is -2.51. The number of hydrogen-bond acceptors (Lipinski definition) is 8. The van der Waals surface area contributed by atoms with E-state index in [1.807, 2.05) is 6.92 Å². The van der Waals surface area contributed by atoms with Crippen molar-refractivity contribution in [3.05, 3.63) is 23.8 Å². The highest BCUT2D eigenvalue weighted by Gasteiger charge is 2.80. The van der Waals surface area contributed by atoms with Gasteiger partial charge < -0.3 is 18.9 Å². The predicted molar refractivity (Wildman–Crippen MR) is 103 cm³/mol. The normalized spacial score (nSPS) is 33.2. The Bertz CT molecular complexity index is 1010. The molecule has 1 N–H and O–H groups in total. The SMILES string of the molecule is CCOc1ccc([C@H]2O[C@@]34CCCC[C@@H]3[C@@](C#N)(C(=N)O4)C2(C#N)C#N)cc1OC. The van der Waals surface area contributed by atoms with E-state index in [1.165, 1.54) is 7.11 Å². The van der Waals surface area contributed by atoms with Gasteiger partial charge in [-0.25, -0.2) is 0 Å². The van der Waals surface area contributed by atoms with E-state index in [2.05, 4.69) is 18.2 Å². The number of nitriles is 3. The maximum Gasteiger partial charge on any atom is 0.217 e. The van der Waals surface area contributed by atoms with Crippen LogP contribution in [0.2, 0.25) is 0 Å². The van der Waals surface area contributed by atoms with Crippen LogP contribution >= 0.6 is 0 Å². The van der Waals surface area contributed by atoms with Gasteiger partial charge in [0, 0.05) is 6.42 Å². The van der Waals surface area contributed by atoms with Crippen molar-refractivity contribution in [1.29, 1.82) is 21.2 Å². The molecule has 154 valence electrons. The van der Waals surface area contributed by atoms with E-state index in [-0.39, 0.29) is 5.90 Å². The quantitative estimate of drug-likeness (QED) is 0.807. The maximum absolute atomic E-state index is 10.3. The number of methoxy groups -OCH3 is 1. The fraction of sp³-hybridized carbons (Fsp3) is 0.545. The Morgan fingerprint density at radius 1 is 1.17 bits per heavy atom. The molecule has 0 radical (unpaired) electrons. The van der Waals surface area contributed by atoms with Gasteiger partial charge in [0.25, 0.3) is 0 Å². The van der Waals surface area contributed by atoms with Gasteiger partial charge in [0.15, 0.2) is 16.9 Å². The molecule has 30 heavy (non-hydrogen) atoms. The summed E-state index contributed by atoms with van der Waals surface area (Å²) in [5.74, 6) is -1.12. The topological polar surface area (TPSA) is 132 Å². The van der Waals surface area contributed by atoms with Crippen LogP contribution in [0.4, 0.5) is 0 Å². The molecule has 0 unspecified atom stereocenters. The molecule has 2 bridgehead atoms. The first-order valence-electron chi connectivity index (χ1n) is 9.99. The summed E-state index contributed by atoms with van der Waals surface area (Å²) >= 11 is 0. The van der Waals surface area contributed by atoms with E-state index in [1.54, 1.807) is 18.2 Å². The van der Waals surface area contributed by atoms with E-state index < -0.39 is 28.6 Å². The number of rotatable bonds is 4. The van der Waals surface area contributed by atoms with Gasteiger partial charge in [-0.3, -0.25) is 5.41 Å². The highest BCUT2D eigenvalue weighted by molar-refractivity contribution is 5.89. The summed E-state index contributed by atoms with van der Waals surface area (Å²) < 4.78 is 23.3. The maximum atomic E-state index is 10.3. The largest absolute Gasteiger partial charge is 0.493 e. The molecule has 0 aromatic heterocycles. The van der Waals surface area contributed by atoms with Crippen LogP contribution in [0.15, 0.2) is 18.2 Å². The molecule has 2 saturated heterocycles. The lowest BCUT2D eigenvalue weighted by Crippen LogP contribution is -2.60. The van der Waals surface area contributed by atoms with Crippen LogP contribution in [0.25, 0.3) is 0 Å². The molecule has 8 nitrogen and oxygen atoms in total. The Balaban J connectivity index is 1.94. The third-order valence-electron chi connectivity index (χ3n) is 6.61. The average molecular weight is 406 g/mol. The second kappa shape index (κ2) is 6.90. The zero-order valence-corrected chi connectivity index (χ0v) is 16.9. The molecule has 0 amide bonds. The molecule has 3 fully saturated rings. The average Bonchev–Trinajstić information content (AvgIpc) is 2.98. The van der Waals surface area contributed by atoms with E-state index in [9.17, 15) is 15.8 Å². The van der Waals surface area contributed by atoms with E-state index >= 15 is 0 Å². The first kappa shape index (κ1) is 20.0. The zero-order valence-electron chi connectivity index (χ0n) is 16.9. The van der Waals surface area contributed by atoms with Gasteiger partial charge in [-0.2, -0.15) is 15.8 Å². The Morgan fingerprint density at radius 2 is 1.93 bits per heavy atom. The van der Waals surface area contributed by atoms with Gasteiger partial charge in [0.2, 0.25) is 17.1 Å². The van der Waals surface area contributed by atoms with Crippen molar-refractivity contribution in [2.24, 2.45) is 16.7 Å². The second-order valence-corrected chi connectivity index (χ2v) is 7.83. The van der Waals surface area contributed by atoms with Crippen molar-refractivity contribution in [1.82, 2.24) is 0 Å². The fourth-order valence-corrected chi connectivity index (χ4v) is 5.28. The molecule has 1 aliphatic carbocycles. The van der Waals surface area contributed by atoms with Crippen molar-refractivity contribution < 1.29 is 18.9 Å². The number of benzene rings is 1. The van der Waals surface area contributed by atoms with E-state index in [4.69, 9.17) is 24.4 Å². The number of nitrogens with one attached hydrogen (secondary N) is 1. The van der Waals surface area contributed by atoms with E-state index in [0.717, 1.165) is 12.8 Å². The summed E-state index contributed by atoms with van der Waals surface area (Å²) in [5.41, 5.74) is -3.15. The van der Waals surface area contributed by atoms with Gasteiger partial charge in [-0.1, -0.05) is 12.5 Å². The Labute approximate surface area is 175 Å². The Kier molecular flexibility index (Phi) is 4.60. The lowest BCUT2D eigenvalue weighted by molar-refractivity contribution is -0.294. The minimum Gasteiger partial charge on any atom is -0.493 e. The Morgan fingerprint density at radius 3 is 2.57 bits per heavy atom. The van der Waals surface area contributed by atoms with Crippen LogP contribution in [0.1, 0.15) is 44.3 Å². The van der Waals surface area contributed by atoms with Gasteiger partial charge in [0.1, 0.15) is 6.10 Å². The highest BCUT2D eigenvalue weighted by atomic mass is 16.7. The van der Waals surface area contributed by atoms with E-state index in [0.29, 0.717) is 36.5 Å². The summed E-state index contributed by atoms with van der Waals surface area (Å²) in [6, 6.07) is 11.4. The molecule has 2 heterocycles. The van der Waals surface area contributed by atoms with Gasteiger partial charge in [-0.15, -0.1) is 0 Å². The minimum atomic E-state index is -1.95. The molecule has 1 aromatic rings. The van der Waals surface area contributed by atoms with Gasteiger partial charge in [-0.05, 0) is 37.5 Å². The second-order valence-electron chi connectivity index (χ2n) is 7.83. The summed E-state index contributed by atoms with van der Waals surface area (Å²) in [6.45, 7) is 2.30. The monoisotopic (exact) mass is 406 g/mol. The van der Waals surface area contributed by atoms with Crippen molar-refractivity contribution >= 4 is 5.90 Å².